The fraction of sp³-hybridized carbons (Fsp3) is 0. The van der Waals surface area contributed by atoms with E-state index in [-0.39, 0.29) is 0 Å². The Labute approximate surface area is 741 Å². The molecule has 10 heteroatoms. The molecular weight excluding hydrogens is 1590 g/mol. The molecule has 24 rings (SSSR count). The summed E-state index contributed by atoms with van der Waals surface area (Å²) in [5, 5.41) is 34.5. The number of fused-ring (bicyclic) bond motifs is 18. The van der Waals surface area contributed by atoms with E-state index in [9.17, 15) is 10.0 Å². The molecule has 0 aliphatic heterocycles. The summed E-state index contributed by atoms with van der Waals surface area (Å²) < 4.78 is 4.93. The second-order valence-corrected chi connectivity index (χ2v) is 34.3. The van der Waals surface area contributed by atoms with Crippen molar-refractivity contribution in [2.24, 2.45) is 0 Å². The minimum absolute atomic E-state index is 0.424. The summed E-state index contributed by atoms with van der Waals surface area (Å²) in [6, 6.07) is 151. The SMILES string of the molecule is Clc1cnc2c3ccccc3c3ccccc3c2n1.OB(O)c1cccc(-c2cc(-c3cccc(-c4ccccc4)c3)cc3c2sc2ccc(-c4cccc(-c5ccccc5)c4)cc23)c1.c1ccc(-c2cccc(-c3ccc4sc5c(-c6cccc(-c7cnc8c9ccccc9c9ccccc9c8n7)c6)cc(-c6cccc(-c7ccccc7)c6)cc5c4c3)c2)cc1. The number of hydrogen-bond donors (Lipinski definition) is 2. The van der Waals surface area contributed by atoms with Gasteiger partial charge in [-0.3, -0.25) is 9.97 Å². The van der Waals surface area contributed by atoms with Gasteiger partial charge in [-0.1, -0.05) is 357 Å². The van der Waals surface area contributed by atoms with Crippen LogP contribution >= 0.6 is 34.3 Å². The first-order valence-electron chi connectivity index (χ1n) is 42.2. The van der Waals surface area contributed by atoms with Crippen LogP contribution in [0.25, 0.3) is 228 Å². The van der Waals surface area contributed by atoms with Crippen LogP contribution in [0.3, 0.4) is 0 Å². The van der Waals surface area contributed by atoms with Gasteiger partial charge in [0.05, 0.1) is 40.2 Å². The van der Waals surface area contributed by atoms with Gasteiger partial charge in [0.1, 0.15) is 5.15 Å². The molecule has 0 amide bonds. The average Bonchev–Trinajstić information content (AvgIpc) is 0.827. The van der Waals surface area contributed by atoms with Crippen molar-refractivity contribution >= 4 is 152 Å². The summed E-state index contributed by atoms with van der Waals surface area (Å²) in [6.07, 6.45) is 3.54. The normalized spacial score (nSPS) is 11.5. The Bertz CT molecular complexity index is 8280. The molecule has 0 unspecified atom stereocenters. The van der Waals surface area contributed by atoms with Gasteiger partial charge >= 0.3 is 7.12 Å². The molecular formula is C116H74BClN4O2S2. The maximum atomic E-state index is 9.98. The minimum atomic E-state index is -1.53. The van der Waals surface area contributed by atoms with Crippen LogP contribution in [0.5, 0.6) is 0 Å². The smallest absolute Gasteiger partial charge is 0.423 e. The van der Waals surface area contributed by atoms with Crippen LogP contribution < -0.4 is 5.46 Å². The number of aromatic nitrogens is 4. The third-order valence-electron chi connectivity index (χ3n) is 24.1. The molecule has 0 bridgehead atoms. The van der Waals surface area contributed by atoms with Crippen molar-refractivity contribution < 1.29 is 10.0 Å². The van der Waals surface area contributed by atoms with E-state index in [1.165, 1.54) is 145 Å². The standard InChI is InChI=1S/C58H36N2S.C42H29BO2S.C16H9ClN2/c1-3-14-37(15-4-1)39-18-11-20-41(30-39)43-28-29-55-52(33-43)53-35-46(42-21-12-19-40(31-42)38-16-5-2-6-17-38)34-51(58(53)61-55)44-22-13-23-45(32-44)54-36-59-56-49-26-9-7-24-47(49)48-25-8-10-27-50(48)57(56)60-54;44-43(45)37-19-9-18-35(24-37)38-26-36(33-17-8-15-31(23-33)29-12-5-2-6-13-29)27-40-39-25-34(20-21-41(39)46-42(38)40)32-16-7-14-30(22-32)28-10-3-1-4-11-28;17-14-9-18-15-12-7-3-1-5-10(12)11-6-2-4-8-13(11)16(15)19-14/h1-36H;1-27,44-45H;1-9H. The summed E-state index contributed by atoms with van der Waals surface area (Å²) >= 11 is 9.65. The molecule has 0 atom stereocenters. The van der Waals surface area contributed by atoms with E-state index >= 15 is 0 Å². The van der Waals surface area contributed by atoms with Crippen LogP contribution in [0.4, 0.5) is 0 Å². The van der Waals surface area contributed by atoms with Gasteiger partial charge in [-0.2, -0.15) is 0 Å². The number of nitrogens with zero attached hydrogens (tertiary/aromatic N) is 4. The van der Waals surface area contributed by atoms with Gasteiger partial charge in [0.25, 0.3) is 0 Å². The lowest BCUT2D eigenvalue weighted by atomic mass is 9.79. The molecule has 592 valence electrons. The second-order valence-electron chi connectivity index (χ2n) is 31.8. The largest absolute Gasteiger partial charge is 0.488 e. The topological polar surface area (TPSA) is 92.0 Å². The zero-order valence-corrected chi connectivity index (χ0v) is 70.4. The van der Waals surface area contributed by atoms with Crippen LogP contribution in [-0.4, -0.2) is 37.1 Å². The summed E-state index contributed by atoms with van der Waals surface area (Å²) in [4.78, 5) is 19.4. The summed E-state index contributed by atoms with van der Waals surface area (Å²) in [5.41, 5.74) is 29.4. The van der Waals surface area contributed by atoms with Crippen molar-refractivity contribution in [3.63, 3.8) is 0 Å². The van der Waals surface area contributed by atoms with Gasteiger partial charge in [-0.25, -0.2) is 9.97 Å². The highest BCUT2D eigenvalue weighted by atomic mass is 35.5. The van der Waals surface area contributed by atoms with Crippen molar-refractivity contribution in [2.75, 3.05) is 0 Å². The van der Waals surface area contributed by atoms with Crippen LogP contribution in [0, 0.1) is 0 Å². The van der Waals surface area contributed by atoms with Crippen LogP contribution in [0.15, 0.2) is 437 Å². The lowest BCUT2D eigenvalue weighted by Gasteiger charge is -2.13. The predicted molar refractivity (Wildman–Crippen MR) is 536 cm³/mol. The van der Waals surface area contributed by atoms with Gasteiger partial charge < -0.3 is 10.0 Å². The third-order valence-corrected chi connectivity index (χ3v) is 26.8. The predicted octanol–water partition coefficient (Wildman–Crippen LogP) is 31.0. The van der Waals surface area contributed by atoms with Crippen LogP contribution in [0.2, 0.25) is 5.15 Å². The molecule has 20 aromatic carbocycles. The molecule has 4 aromatic heterocycles. The second kappa shape index (κ2) is 33.2. The van der Waals surface area contributed by atoms with Crippen molar-refractivity contribution in [1.82, 2.24) is 19.9 Å². The van der Waals surface area contributed by atoms with Gasteiger partial charge in [-0.15, -0.1) is 22.7 Å². The number of benzene rings is 20. The molecule has 2 N–H and O–H groups in total. The van der Waals surface area contributed by atoms with E-state index in [4.69, 9.17) is 21.6 Å². The maximum absolute atomic E-state index is 9.98. The molecule has 0 radical (unpaired) electrons. The molecule has 0 saturated heterocycles. The summed E-state index contributed by atoms with van der Waals surface area (Å²) in [5.74, 6) is 0. The van der Waals surface area contributed by atoms with E-state index < -0.39 is 7.12 Å². The monoisotopic (exact) mass is 1660 g/mol. The first kappa shape index (κ1) is 76.9. The molecule has 0 aliphatic carbocycles. The number of halogens is 1. The molecule has 126 heavy (non-hydrogen) atoms. The lowest BCUT2D eigenvalue weighted by Crippen LogP contribution is -2.29. The Balaban J connectivity index is 0.000000126. The average molecular weight is 1670 g/mol. The van der Waals surface area contributed by atoms with Gasteiger partial charge in [-0.05, 0) is 206 Å². The van der Waals surface area contributed by atoms with E-state index in [1.54, 1.807) is 23.6 Å². The van der Waals surface area contributed by atoms with Gasteiger partial charge in [0, 0.05) is 78.6 Å². The fourth-order valence-corrected chi connectivity index (χ4v) is 20.5. The van der Waals surface area contributed by atoms with Crippen LogP contribution in [0.1, 0.15) is 0 Å². The zero-order chi connectivity index (χ0) is 84.1. The summed E-state index contributed by atoms with van der Waals surface area (Å²) in [6.45, 7) is 0. The highest BCUT2D eigenvalue weighted by molar-refractivity contribution is 7.26. The summed E-state index contributed by atoms with van der Waals surface area (Å²) in [7, 11) is -1.53. The Hall–Kier alpha value is -15.2. The van der Waals surface area contributed by atoms with E-state index in [0.717, 1.165) is 82.7 Å². The Morgan fingerprint density at radius 3 is 0.889 bits per heavy atom. The Kier molecular flexibility index (Phi) is 20.3. The lowest BCUT2D eigenvalue weighted by molar-refractivity contribution is 0.426. The number of rotatable bonds is 12. The number of hydrogen-bond acceptors (Lipinski definition) is 8. The molecule has 0 fully saturated rings. The molecule has 0 aliphatic rings. The van der Waals surface area contributed by atoms with E-state index in [0.29, 0.717) is 10.6 Å². The van der Waals surface area contributed by atoms with Crippen molar-refractivity contribution in [3.05, 3.63) is 442 Å². The highest BCUT2D eigenvalue weighted by Crippen LogP contribution is 2.48. The van der Waals surface area contributed by atoms with Gasteiger partial charge in [0.15, 0.2) is 0 Å². The molecule has 0 spiro atoms. The molecule has 0 saturated carbocycles. The van der Waals surface area contributed by atoms with Gasteiger partial charge in [0.2, 0.25) is 0 Å². The zero-order valence-electron chi connectivity index (χ0n) is 68.0. The Morgan fingerprint density at radius 1 is 0.206 bits per heavy atom. The quantitative estimate of drug-likeness (QED) is 0.0935. The van der Waals surface area contributed by atoms with E-state index in [1.807, 2.05) is 66.1 Å². The van der Waals surface area contributed by atoms with Crippen LogP contribution in [-0.2, 0) is 0 Å². The first-order valence-corrected chi connectivity index (χ1v) is 44.2. The molecule has 6 nitrogen and oxygen atoms in total. The Morgan fingerprint density at radius 2 is 0.492 bits per heavy atom. The fourth-order valence-electron chi connectivity index (χ4n) is 18.0. The van der Waals surface area contributed by atoms with Crippen molar-refractivity contribution in [2.45, 2.75) is 0 Å². The highest BCUT2D eigenvalue weighted by Gasteiger charge is 2.22. The minimum Gasteiger partial charge on any atom is -0.423 e. The molecule has 24 aromatic rings. The molecule has 4 heterocycles. The number of thiophene rings is 2. The third kappa shape index (κ3) is 14.8. The van der Waals surface area contributed by atoms with Crippen molar-refractivity contribution in [3.8, 4) is 123 Å². The maximum Gasteiger partial charge on any atom is 0.488 e. The van der Waals surface area contributed by atoms with Crippen molar-refractivity contribution in [1.29, 1.82) is 0 Å². The van der Waals surface area contributed by atoms with E-state index in [2.05, 4.69) is 380 Å². The first-order chi connectivity index (χ1) is 62.2.